The zero-order valence-corrected chi connectivity index (χ0v) is 11.2. The molecule has 1 fully saturated rings. The maximum absolute atomic E-state index is 12.3. The SMILES string of the molecule is CC1CNCCC1NC(=O)c1ccccc1OC(F)F. The Kier molecular flexibility index (Phi) is 4.89. The van der Waals surface area contributed by atoms with Crippen LogP contribution in [0.15, 0.2) is 24.3 Å². The summed E-state index contributed by atoms with van der Waals surface area (Å²) in [6.45, 7) is 0.769. The molecule has 2 N–H and O–H groups in total. The van der Waals surface area contributed by atoms with Crippen molar-refractivity contribution >= 4 is 5.91 Å². The van der Waals surface area contributed by atoms with Crippen molar-refractivity contribution < 1.29 is 18.3 Å². The lowest BCUT2D eigenvalue weighted by Crippen LogP contribution is -2.48. The molecular weight excluding hydrogens is 266 g/mol. The van der Waals surface area contributed by atoms with Crippen LogP contribution in [0.1, 0.15) is 23.7 Å². The third-order valence-electron chi connectivity index (χ3n) is 3.45. The molecule has 1 heterocycles. The molecule has 2 rings (SSSR count). The molecular formula is C14H18F2N2O2. The molecule has 0 bridgehead atoms. The van der Waals surface area contributed by atoms with Crippen molar-refractivity contribution in [1.82, 2.24) is 10.6 Å². The highest BCUT2D eigenvalue weighted by molar-refractivity contribution is 5.97. The van der Waals surface area contributed by atoms with Crippen molar-refractivity contribution in [3.63, 3.8) is 0 Å². The molecule has 1 saturated heterocycles. The van der Waals surface area contributed by atoms with Gasteiger partial charge in [0, 0.05) is 6.04 Å². The van der Waals surface area contributed by atoms with E-state index >= 15 is 0 Å². The van der Waals surface area contributed by atoms with Crippen LogP contribution in [-0.2, 0) is 0 Å². The molecule has 1 amide bonds. The van der Waals surface area contributed by atoms with Crippen molar-refractivity contribution in [3.8, 4) is 5.75 Å². The van der Waals surface area contributed by atoms with Crippen molar-refractivity contribution in [2.75, 3.05) is 13.1 Å². The van der Waals surface area contributed by atoms with E-state index in [0.717, 1.165) is 19.5 Å². The number of rotatable bonds is 4. The molecule has 0 aromatic heterocycles. The lowest BCUT2D eigenvalue weighted by atomic mass is 9.95. The number of benzene rings is 1. The minimum Gasteiger partial charge on any atom is -0.434 e. The second-order valence-electron chi connectivity index (χ2n) is 4.92. The molecule has 110 valence electrons. The number of nitrogens with one attached hydrogen (secondary N) is 2. The average Bonchev–Trinajstić information content (AvgIpc) is 2.41. The molecule has 1 aliphatic rings. The Bertz CT molecular complexity index is 468. The van der Waals surface area contributed by atoms with Crippen LogP contribution < -0.4 is 15.4 Å². The number of hydrogen-bond donors (Lipinski definition) is 2. The first-order valence-corrected chi connectivity index (χ1v) is 6.63. The Hall–Kier alpha value is -1.69. The van der Waals surface area contributed by atoms with Gasteiger partial charge in [0.05, 0.1) is 5.56 Å². The maximum Gasteiger partial charge on any atom is 0.387 e. The first kappa shape index (κ1) is 14.7. The minimum atomic E-state index is -2.94. The van der Waals surface area contributed by atoms with Gasteiger partial charge in [-0.3, -0.25) is 4.79 Å². The van der Waals surface area contributed by atoms with E-state index in [0.29, 0.717) is 5.92 Å². The van der Waals surface area contributed by atoms with E-state index in [1.165, 1.54) is 12.1 Å². The van der Waals surface area contributed by atoms with Gasteiger partial charge in [0.25, 0.3) is 5.91 Å². The smallest absolute Gasteiger partial charge is 0.387 e. The predicted octanol–water partition coefficient (Wildman–Crippen LogP) is 2.02. The molecule has 2 unspecified atom stereocenters. The van der Waals surface area contributed by atoms with Crippen LogP contribution in [0.3, 0.4) is 0 Å². The lowest BCUT2D eigenvalue weighted by molar-refractivity contribution is -0.0501. The van der Waals surface area contributed by atoms with Gasteiger partial charge in [-0.05, 0) is 37.6 Å². The van der Waals surface area contributed by atoms with Crippen molar-refractivity contribution in [2.45, 2.75) is 26.0 Å². The highest BCUT2D eigenvalue weighted by Crippen LogP contribution is 2.21. The average molecular weight is 284 g/mol. The van der Waals surface area contributed by atoms with Gasteiger partial charge in [-0.2, -0.15) is 8.78 Å². The number of ether oxygens (including phenoxy) is 1. The summed E-state index contributed by atoms with van der Waals surface area (Å²) in [7, 11) is 0. The Balaban J connectivity index is 2.08. The molecule has 6 heteroatoms. The highest BCUT2D eigenvalue weighted by Gasteiger charge is 2.24. The number of hydrogen-bond acceptors (Lipinski definition) is 3. The van der Waals surface area contributed by atoms with Crippen molar-refractivity contribution in [3.05, 3.63) is 29.8 Å². The Labute approximate surface area is 116 Å². The van der Waals surface area contributed by atoms with E-state index < -0.39 is 6.61 Å². The molecule has 2 atom stereocenters. The quantitative estimate of drug-likeness (QED) is 0.889. The standard InChI is InChI=1S/C14H18F2N2O2/c1-9-8-17-7-6-11(9)18-13(19)10-4-2-3-5-12(10)20-14(15)16/h2-5,9,11,14,17H,6-8H2,1H3,(H,18,19). The molecule has 20 heavy (non-hydrogen) atoms. The number of para-hydroxylation sites is 1. The van der Waals surface area contributed by atoms with Crippen molar-refractivity contribution in [2.24, 2.45) is 5.92 Å². The Morgan fingerprint density at radius 2 is 2.20 bits per heavy atom. The second kappa shape index (κ2) is 6.65. The molecule has 0 saturated carbocycles. The highest BCUT2D eigenvalue weighted by atomic mass is 19.3. The third kappa shape index (κ3) is 3.66. The van der Waals surface area contributed by atoms with Gasteiger partial charge in [-0.15, -0.1) is 0 Å². The summed E-state index contributed by atoms with van der Waals surface area (Å²) in [5, 5.41) is 6.13. The number of carbonyl (C=O) groups is 1. The summed E-state index contributed by atoms with van der Waals surface area (Å²) in [6.07, 6.45) is 0.824. The van der Waals surface area contributed by atoms with Gasteiger partial charge in [-0.25, -0.2) is 0 Å². The molecule has 1 aliphatic heterocycles. The maximum atomic E-state index is 12.3. The number of amides is 1. The third-order valence-corrected chi connectivity index (χ3v) is 3.45. The monoisotopic (exact) mass is 284 g/mol. The minimum absolute atomic E-state index is 0.0448. The summed E-state index contributed by atoms with van der Waals surface area (Å²) in [5.74, 6) is -0.169. The fourth-order valence-corrected chi connectivity index (χ4v) is 2.33. The second-order valence-corrected chi connectivity index (χ2v) is 4.92. The van der Waals surface area contributed by atoms with Crippen LogP contribution in [0.25, 0.3) is 0 Å². The molecule has 1 aromatic rings. The molecule has 1 aromatic carbocycles. The normalized spacial score (nSPS) is 22.6. The lowest BCUT2D eigenvalue weighted by Gasteiger charge is -2.30. The molecule has 0 spiro atoms. The van der Waals surface area contributed by atoms with Crippen LogP contribution in [0.2, 0.25) is 0 Å². The van der Waals surface area contributed by atoms with Crippen LogP contribution >= 0.6 is 0 Å². The van der Waals surface area contributed by atoms with Crippen LogP contribution in [-0.4, -0.2) is 31.7 Å². The summed E-state index contributed by atoms with van der Waals surface area (Å²) in [4.78, 5) is 12.2. The summed E-state index contributed by atoms with van der Waals surface area (Å²) >= 11 is 0. The first-order chi connectivity index (χ1) is 9.58. The summed E-state index contributed by atoms with van der Waals surface area (Å²) < 4.78 is 29.0. The van der Waals surface area contributed by atoms with E-state index in [-0.39, 0.29) is 23.3 Å². The molecule has 0 aliphatic carbocycles. The van der Waals surface area contributed by atoms with Gasteiger partial charge in [0.15, 0.2) is 0 Å². The summed E-state index contributed by atoms with van der Waals surface area (Å²) in [6, 6.07) is 6.08. The topological polar surface area (TPSA) is 50.4 Å². The Morgan fingerprint density at radius 1 is 1.45 bits per heavy atom. The number of alkyl halides is 2. The first-order valence-electron chi connectivity index (χ1n) is 6.63. The van der Waals surface area contributed by atoms with Gasteiger partial charge < -0.3 is 15.4 Å². The molecule has 0 radical (unpaired) electrons. The van der Waals surface area contributed by atoms with Crippen LogP contribution in [0.4, 0.5) is 8.78 Å². The largest absolute Gasteiger partial charge is 0.434 e. The number of halogens is 2. The van der Waals surface area contributed by atoms with E-state index in [4.69, 9.17) is 0 Å². The van der Waals surface area contributed by atoms with Gasteiger partial charge >= 0.3 is 6.61 Å². The predicted molar refractivity (Wildman–Crippen MR) is 71.0 cm³/mol. The van der Waals surface area contributed by atoms with Gasteiger partial charge in [-0.1, -0.05) is 19.1 Å². The van der Waals surface area contributed by atoms with Crippen molar-refractivity contribution in [1.29, 1.82) is 0 Å². The fraction of sp³-hybridized carbons (Fsp3) is 0.500. The van der Waals surface area contributed by atoms with E-state index in [9.17, 15) is 13.6 Å². The fourth-order valence-electron chi connectivity index (χ4n) is 2.33. The van der Waals surface area contributed by atoms with Crippen LogP contribution in [0.5, 0.6) is 5.75 Å². The zero-order valence-electron chi connectivity index (χ0n) is 11.2. The van der Waals surface area contributed by atoms with E-state index in [2.05, 4.69) is 15.4 Å². The Morgan fingerprint density at radius 3 is 2.90 bits per heavy atom. The van der Waals surface area contributed by atoms with Crippen LogP contribution in [0, 0.1) is 5.92 Å². The van der Waals surface area contributed by atoms with Gasteiger partial charge in [0.2, 0.25) is 0 Å². The number of carbonyl (C=O) groups excluding carboxylic acids is 1. The number of piperidine rings is 1. The molecule has 4 nitrogen and oxygen atoms in total. The van der Waals surface area contributed by atoms with E-state index in [1.807, 2.05) is 6.92 Å². The summed E-state index contributed by atoms with van der Waals surface area (Å²) in [5.41, 5.74) is 0.138. The zero-order chi connectivity index (χ0) is 14.5. The van der Waals surface area contributed by atoms with Gasteiger partial charge in [0.1, 0.15) is 5.75 Å². The van der Waals surface area contributed by atoms with E-state index in [1.54, 1.807) is 12.1 Å².